The van der Waals surface area contributed by atoms with Gasteiger partial charge in [-0.1, -0.05) is 42.5 Å². The Morgan fingerprint density at radius 3 is 2.48 bits per heavy atom. The van der Waals surface area contributed by atoms with Crippen LogP contribution in [0.4, 0.5) is 17.3 Å². The summed E-state index contributed by atoms with van der Waals surface area (Å²) in [5.41, 5.74) is 2.35. The molecule has 0 aliphatic rings. The number of carbonyl (C=O) groups is 1. The topological polar surface area (TPSA) is 67.3 Å². The SMILES string of the molecule is CCOC(=O)c1ccccc1Nc1cc(N(CC)Cc2ccccc2)nc(C)n1. The van der Waals surface area contributed by atoms with Crippen LogP contribution in [0, 0.1) is 6.92 Å². The lowest BCUT2D eigenvalue weighted by atomic mass is 10.2. The van der Waals surface area contributed by atoms with E-state index in [1.165, 1.54) is 5.56 Å². The van der Waals surface area contributed by atoms with Gasteiger partial charge in [0.2, 0.25) is 0 Å². The third-order valence-electron chi connectivity index (χ3n) is 4.43. The van der Waals surface area contributed by atoms with Crippen LogP contribution >= 0.6 is 0 Å². The van der Waals surface area contributed by atoms with Crippen molar-refractivity contribution in [3.8, 4) is 0 Å². The van der Waals surface area contributed by atoms with E-state index in [0.29, 0.717) is 29.5 Å². The number of esters is 1. The molecular formula is C23H26N4O2. The number of rotatable bonds is 8. The van der Waals surface area contributed by atoms with Gasteiger partial charge in [0.1, 0.15) is 17.5 Å². The van der Waals surface area contributed by atoms with Gasteiger partial charge < -0.3 is 15.0 Å². The third-order valence-corrected chi connectivity index (χ3v) is 4.43. The van der Waals surface area contributed by atoms with E-state index in [0.717, 1.165) is 18.9 Å². The van der Waals surface area contributed by atoms with Crippen LogP contribution in [0.3, 0.4) is 0 Å². The molecule has 3 rings (SSSR count). The predicted octanol–water partition coefficient (Wildman–Crippen LogP) is 4.73. The van der Waals surface area contributed by atoms with E-state index < -0.39 is 0 Å². The predicted molar refractivity (Wildman–Crippen MR) is 116 cm³/mol. The zero-order chi connectivity index (χ0) is 20.6. The summed E-state index contributed by atoms with van der Waals surface area (Å²) in [5, 5.41) is 3.26. The molecule has 150 valence electrons. The highest BCUT2D eigenvalue weighted by Crippen LogP contribution is 2.24. The number of anilines is 3. The molecule has 0 radical (unpaired) electrons. The molecule has 0 saturated heterocycles. The fourth-order valence-electron chi connectivity index (χ4n) is 3.05. The van der Waals surface area contributed by atoms with Crippen LogP contribution in [-0.2, 0) is 11.3 Å². The van der Waals surface area contributed by atoms with Gasteiger partial charge in [-0.25, -0.2) is 14.8 Å². The van der Waals surface area contributed by atoms with Crippen molar-refractivity contribution in [1.82, 2.24) is 9.97 Å². The first-order chi connectivity index (χ1) is 14.1. The molecule has 0 bridgehead atoms. The maximum Gasteiger partial charge on any atom is 0.340 e. The Morgan fingerprint density at radius 2 is 1.76 bits per heavy atom. The van der Waals surface area contributed by atoms with Gasteiger partial charge in [-0.15, -0.1) is 0 Å². The van der Waals surface area contributed by atoms with Crippen LogP contribution in [0.1, 0.15) is 35.6 Å². The van der Waals surface area contributed by atoms with Crippen molar-refractivity contribution in [2.45, 2.75) is 27.3 Å². The Bertz CT molecular complexity index is 960. The number of aryl methyl sites for hydroxylation is 1. The molecule has 0 spiro atoms. The fraction of sp³-hybridized carbons (Fsp3) is 0.261. The maximum atomic E-state index is 12.2. The number of nitrogens with one attached hydrogen (secondary N) is 1. The number of nitrogens with zero attached hydrogens (tertiary/aromatic N) is 3. The third kappa shape index (κ3) is 5.31. The van der Waals surface area contributed by atoms with Gasteiger partial charge in [-0.3, -0.25) is 0 Å². The molecule has 1 heterocycles. The molecule has 1 aromatic heterocycles. The van der Waals surface area contributed by atoms with Crippen LogP contribution in [-0.4, -0.2) is 29.1 Å². The van der Waals surface area contributed by atoms with Crippen LogP contribution in [0.25, 0.3) is 0 Å². The monoisotopic (exact) mass is 390 g/mol. The number of ether oxygens (including phenoxy) is 1. The average Bonchev–Trinajstić information content (AvgIpc) is 2.73. The number of benzene rings is 2. The summed E-state index contributed by atoms with van der Waals surface area (Å²) in [6, 6.07) is 19.5. The number of hydrogen-bond donors (Lipinski definition) is 1. The number of para-hydroxylation sites is 1. The van der Waals surface area contributed by atoms with Crippen molar-refractivity contribution >= 4 is 23.3 Å². The van der Waals surface area contributed by atoms with Crippen molar-refractivity contribution in [2.75, 3.05) is 23.4 Å². The van der Waals surface area contributed by atoms with E-state index >= 15 is 0 Å². The van der Waals surface area contributed by atoms with Crippen LogP contribution in [0.15, 0.2) is 60.7 Å². The second kappa shape index (κ2) is 9.68. The van der Waals surface area contributed by atoms with Gasteiger partial charge in [0.25, 0.3) is 0 Å². The second-order valence-corrected chi connectivity index (χ2v) is 6.55. The lowest BCUT2D eigenvalue weighted by Gasteiger charge is -2.23. The molecule has 0 aliphatic carbocycles. The minimum Gasteiger partial charge on any atom is -0.462 e. The molecule has 0 unspecified atom stereocenters. The molecule has 3 aromatic rings. The van der Waals surface area contributed by atoms with E-state index in [9.17, 15) is 4.79 Å². The summed E-state index contributed by atoms with van der Waals surface area (Å²) >= 11 is 0. The standard InChI is InChI=1S/C23H26N4O2/c1-4-27(16-18-11-7-6-8-12-18)22-15-21(24-17(3)25-22)26-20-14-10-9-13-19(20)23(28)29-5-2/h6-15H,4-5,16H2,1-3H3,(H,24,25,26). The van der Waals surface area contributed by atoms with Crippen molar-refractivity contribution in [3.05, 3.63) is 77.6 Å². The van der Waals surface area contributed by atoms with Crippen molar-refractivity contribution in [2.24, 2.45) is 0 Å². The minimum absolute atomic E-state index is 0.328. The van der Waals surface area contributed by atoms with Gasteiger partial charge in [0, 0.05) is 19.2 Å². The van der Waals surface area contributed by atoms with Gasteiger partial charge in [-0.05, 0) is 38.5 Å². The van der Waals surface area contributed by atoms with E-state index in [4.69, 9.17) is 4.74 Å². The first-order valence-electron chi connectivity index (χ1n) is 9.78. The van der Waals surface area contributed by atoms with Crippen LogP contribution < -0.4 is 10.2 Å². The van der Waals surface area contributed by atoms with Crippen LogP contribution in [0.5, 0.6) is 0 Å². The molecule has 29 heavy (non-hydrogen) atoms. The highest BCUT2D eigenvalue weighted by molar-refractivity contribution is 5.96. The second-order valence-electron chi connectivity index (χ2n) is 6.55. The number of aromatic nitrogens is 2. The zero-order valence-corrected chi connectivity index (χ0v) is 17.1. The molecule has 0 saturated carbocycles. The van der Waals surface area contributed by atoms with Crippen molar-refractivity contribution in [3.63, 3.8) is 0 Å². The fourth-order valence-corrected chi connectivity index (χ4v) is 3.05. The molecule has 1 N–H and O–H groups in total. The normalized spacial score (nSPS) is 10.4. The van der Waals surface area contributed by atoms with Crippen molar-refractivity contribution < 1.29 is 9.53 Å². The number of carbonyl (C=O) groups excluding carboxylic acids is 1. The lowest BCUT2D eigenvalue weighted by molar-refractivity contribution is 0.0527. The quantitative estimate of drug-likeness (QED) is 0.561. The van der Waals surface area contributed by atoms with Gasteiger partial charge in [0.05, 0.1) is 17.9 Å². The van der Waals surface area contributed by atoms with Gasteiger partial charge in [0.15, 0.2) is 0 Å². The van der Waals surface area contributed by atoms with E-state index in [1.807, 2.05) is 49.4 Å². The Hall–Kier alpha value is -3.41. The first kappa shape index (κ1) is 20.3. The molecule has 0 fully saturated rings. The smallest absolute Gasteiger partial charge is 0.340 e. The Kier molecular flexibility index (Phi) is 6.79. The number of hydrogen-bond acceptors (Lipinski definition) is 6. The summed E-state index contributed by atoms with van der Waals surface area (Å²) < 4.78 is 5.16. The average molecular weight is 390 g/mol. The highest BCUT2D eigenvalue weighted by Gasteiger charge is 2.14. The minimum atomic E-state index is -0.360. The van der Waals surface area contributed by atoms with Gasteiger partial charge in [-0.2, -0.15) is 0 Å². The summed E-state index contributed by atoms with van der Waals surface area (Å²) in [6.45, 7) is 7.65. The van der Waals surface area contributed by atoms with Crippen molar-refractivity contribution in [1.29, 1.82) is 0 Å². The molecule has 6 heteroatoms. The van der Waals surface area contributed by atoms with E-state index in [2.05, 4.69) is 39.2 Å². The molecule has 6 nitrogen and oxygen atoms in total. The molecular weight excluding hydrogens is 364 g/mol. The summed E-state index contributed by atoms with van der Waals surface area (Å²) in [6.07, 6.45) is 0. The summed E-state index contributed by atoms with van der Waals surface area (Å²) in [4.78, 5) is 23.5. The lowest BCUT2D eigenvalue weighted by Crippen LogP contribution is -2.23. The Morgan fingerprint density at radius 1 is 1.03 bits per heavy atom. The Labute approximate surface area is 171 Å². The molecule has 0 aliphatic heterocycles. The molecule has 0 amide bonds. The first-order valence-corrected chi connectivity index (χ1v) is 9.78. The Balaban J connectivity index is 1.87. The highest BCUT2D eigenvalue weighted by atomic mass is 16.5. The summed E-state index contributed by atoms with van der Waals surface area (Å²) in [7, 11) is 0. The largest absolute Gasteiger partial charge is 0.462 e. The molecule has 0 atom stereocenters. The van der Waals surface area contributed by atoms with E-state index in [-0.39, 0.29) is 5.97 Å². The van der Waals surface area contributed by atoms with Crippen LogP contribution in [0.2, 0.25) is 0 Å². The maximum absolute atomic E-state index is 12.2. The van der Waals surface area contributed by atoms with E-state index in [1.54, 1.807) is 13.0 Å². The molecule has 2 aromatic carbocycles. The van der Waals surface area contributed by atoms with Gasteiger partial charge >= 0.3 is 5.97 Å². The summed E-state index contributed by atoms with van der Waals surface area (Å²) in [5.74, 6) is 1.77. The zero-order valence-electron chi connectivity index (χ0n) is 17.1.